The van der Waals surface area contributed by atoms with Crippen molar-refractivity contribution in [2.75, 3.05) is 27.3 Å². The zero-order chi connectivity index (χ0) is 28.5. The van der Waals surface area contributed by atoms with E-state index in [1.54, 1.807) is 14.2 Å². The number of nitrogens with one attached hydrogen (secondary N) is 1. The fourth-order valence-electron chi connectivity index (χ4n) is 5.09. The number of hydrogen-bond acceptors (Lipinski definition) is 5. The van der Waals surface area contributed by atoms with Gasteiger partial charge in [-0.1, -0.05) is 48.9 Å². The molecule has 1 fully saturated rings. The van der Waals surface area contributed by atoms with E-state index >= 15 is 0 Å². The zero-order valence-corrected chi connectivity index (χ0v) is 24.2. The Kier molecular flexibility index (Phi) is 10.4. The van der Waals surface area contributed by atoms with Gasteiger partial charge in [-0.3, -0.25) is 14.5 Å². The molecule has 0 saturated carbocycles. The maximum absolute atomic E-state index is 12.9. The minimum atomic E-state index is -0.157. The van der Waals surface area contributed by atoms with Gasteiger partial charge >= 0.3 is 0 Å². The Morgan fingerprint density at radius 1 is 0.900 bits per heavy atom. The summed E-state index contributed by atoms with van der Waals surface area (Å²) in [4.78, 5) is 30.1. The summed E-state index contributed by atoms with van der Waals surface area (Å²) < 4.78 is 10.6. The van der Waals surface area contributed by atoms with Crippen molar-refractivity contribution < 1.29 is 19.1 Å². The van der Waals surface area contributed by atoms with Crippen LogP contribution in [0.2, 0.25) is 5.02 Å². The number of ether oxygens (including phenoxy) is 2. The number of carbonyl (C=O) groups excluding carboxylic acids is 2. The van der Waals surface area contributed by atoms with E-state index in [4.69, 9.17) is 21.1 Å². The van der Waals surface area contributed by atoms with E-state index in [2.05, 4.69) is 22.3 Å². The number of halogens is 1. The molecule has 8 heteroatoms. The third-order valence-corrected chi connectivity index (χ3v) is 7.66. The Morgan fingerprint density at radius 3 is 2.15 bits per heavy atom. The SMILES string of the molecule is CCC(=O)N(Cc1ccc(C(=O)NCc2ccc(OC)c(OC)c2)cc1)C1CCN(Cc2ccc(Cl)cc2)CC1. The van der Waals surface area contributed by atoms with Gasteiger partial charge in [-0.15, -0.1) is 0 Å². The summed E-state index contributed by atoms with van der Waals surface area (Å²) in [5.41, 5.74) is 3.75. The van der Waals surface area contributed by atoms with Gasteiger partial charge in [0.1, 0.15) is 0 Å². The van der Waals surface area contributed by atoms with E-state index < -0.39 is 0 Å². The van der Waals surface area contributed by atoms with Gasteiger partial charge in [0, 0.05) is 55.8 Å². The third-order valence-electron chi connectivity index (χ3n) is 7.41. The first kappa shape index (κ1) is 29.4. The monoisotopic (exact) mass is 563 g/mol. The van der Waals surface area contributed by atoms with E-state index in [0.29, 0.717) is 36.6 Å². The zero-order valence-electron chi connectivity index (χ0n) is 23.5. The van der Waals surface area contributed by atoms with Crippen LogP contribution in [0.15, 0.2) is 66.7 Å². The molecule has 7 nitrogen and oxygen atoms in total. The highest BCUT2D eigenvalue weighted by Gasteiger charge is 2.27. The number of carbonyl (C=O) groups is 2. The molecule has 0 aromatic heterocycles. The van der Waals surface area contributed by atoms with Crippen LogP contribution in [0.5, 0.6) is 11.5 Å². The highest BCUT2D eigenvalue weighted by molar-refractivity contribution is 6.30. The third kappa shape index (κ3) is 7.77. The summed E-state index contributed by atoms with van der Waals surface area (Å²) in [6.07, 6.45) is 2.35. The molecule has 1 aliphatic heterocycles. The molecule has 1 N–H and O–H groups in total. The number of benzene rings is 3. The van der Waals surface area contributed by atoms with Gasteiger partial charge in [-0.25, -0.2) is 0 Å². The minimum Gasteiger partial charge on any atom is -0.493 e. The average molecular weight is 564 g/mol. The van der Waals surface area contributed by atoms with Crippen molar-refractivity contribution in [2.45, 2.75) is 51.9 Å². The van der Waals surface area contributed by atoms with Crippen LogP contribution in [0.25, 0.3) is 0 Å². The smallest absolute Gasteiger partial charge is 0.251 e. The van der Waals surface area contributed by atoms with Crippen molar-refractivity contribution in [3.8, 4) is 11.5 Å². The van der Waals surface area contributed by atoms with Crippen LogP contribution >= 0.6 is 11.6 Å². The second-order valence-corrected chi connectivity index (χ2v) is 10.5. The Morgan fingerprint density at radius 2 is 1.52 bits per heavy atom. The molecule has 0 bridgehead atoms. The lowest BCUT2D eigenvalue weighted by Gasteiger charge is -2.38. The van der Waals surface area contributed by atoms with Crippen LogP contribution in [0, 0.1) is 0 Å². The number of rotatable bonds is 11. The molecule has 2 amide bonds. The lowest BCUT2D eigenvalue weighted by atomic mass is 10.0. The summed E-state index contributed by atoms with van der Waals surface area (Å²) in [6, 6.07) is 21.3. The van der Waals surface area contributed by atoms with Crippen molar-refractivity contribution in [3.05, 3.63) is 94.0 Å². The van der Waals surface area contributed by atoms with E-state index in [-0.39, 0.29) is 17.9 Å². The fraction of sp³-hybridized carbons (Fsp3) is 0.375. The van der Waals surface area contributed by atoms with E-state index in [0.717, 1.165) is 48.6 Å². The first-order valence-electron chi connectivity index (χ1n) is 13.7. The van der Waals surface area contributed by atoms with Crippen LogP contribution in [-0.4, -0.2) is 55.0 Å². The molecule has 1 heterocycles. The molecule has 212 valence electrons. The molecule has 1 aliphatic rings. The van der Waals surface area contributed by atoms with Crippen molar-refractivity contribution in [1.29, 1.82) is 0 Å². The molecule has 1 saturated heterocycles. The molecule has 0 radical (unpaired) electrons. The van der Waals surface area contributed by atoms with Gasteiger partial charge in [-0.05, 0) is 65.9 Å². The number of piperidine rings is 1. The van der Waals surface area contributed by atoms with Gasteiger partial charge in [0.15, 0.2) is 11.5 Å². The second-order valence-electron chi connectivity index (χ2n) is 10.1. The molecule has 0 atom stereocenters. The van der Waals surface area contributed by atoms with Crippen LogP contribution in [0.4, 0.5) is 0 Å². The molecule has 4 rings (SSSR count). The fourth-order valence-corrected chi connectivity index (χ4v) is 5.22. The summed E-state index contributed by atoms with van der Waals surface area (Å²) in [7, 11) is 3.18. The molecule has 0 spiro atoms. The number of amides is 2. The summed E-state index contributed by atoms with van der Waals surface area (Å²) in [5.74, 6) is 1.27. The molecule has 40 heavy (non-hydrogen) atoms. The molecule has 3 aromatic carbocycles. The Labute approximate surface area is 242 Å². The van der Waals surface area contributed by atoms with E-state index in [9.17, 15) is 9.59 Å². The molecule has 0 unspecified atom stereocenters. The van der Waals surface area contributed by atoms with Crippen LogP contribution in [-0.2, 0) is 24.4 Å². The van der Waals surface area contributed by atoms with Crippen molar-refractivity contribution in [2.24, 2.45) is 0 Å². The molecular formula is C32H38ClN3O4. The Bertz CT molecular complexity index is 1270. The number of nitrogens with zero attached hydrogens (tertiary/aromatic N) is 2. The maximum atomic E-state index is 12.9. The van der Waals surface area contributed by atoms with Gasteiger partial charge in [0.05, 0.1) is 14.2 Å². The summed E-state index contributed by atoms with van der Waals surface area (Å²) in [6.45, 7) is 5.61. The lowest BCUT2D eigenvalue weighted by Crippen LogP contribution is -2.46. The number of likely N-dealkylation sites (tertiary alicyclic amines) is 1. The maximum Gasteiger partial charge on any atom is 0.251 e. The molecule has 0 aliphatic carbocycles. The van der Waals surface area contributed by atoms with Gasteiger partial charge in [0.2, 0.25) is 5.91 Å². The van der Waals surface area contributed by atoms with Crippen LogP contribution in [0.1, 0.15) is 53.2 Å². The first-order valence-corrected chi connectivity index (χ1v) is 14.1. The summed E-state index contributed by atoms with van der Waals surface area (Å²) in [5, 5.41) is 3.71. The van der Waals surface area contributed by atoms with E-state index in [1.807, 2.05) is 66.4 Å². The van der Waals surface area contributed by atoms with Crippen LogP contribution in [0.3, 0.4) is 0 Å². The quantitative estimate of drug-likeness (QED) is 0.324. The predicted molar refractivity (Wildman–Crippen MR) is 158 cm³/mol. The molecule has 3 aromatic rings. The topological polar surface area (TPSA) is 71.1 Å². The number of hydrogen-bond donors (Lipinski definition) is 1. The van der Waals surface area contributed by atoms with Crippen LogP contribution < -0.4 is 14.8 Å². The van der Waals surface area contributed by atoms with Crippen molar-refractivity contribution >= 4 is 23.4 Å². The highest BCUT2D eigenvalue weighted by atomic mass is 35.5. The number of methoxy groups -OCH3 is 2. The Balaban J connectivity index is 1.31. The minimum absolute atomic E-state index is 0.157. The average Bonchev–Trinajstić information content (AvgIpc) is 3.00. The predicted octanol–water partition coefficient (Wildman–Crippen LogP) is 5.69. The van der Waals surface area contributed by atoms with Gasteiger partial charge < -0.3 is 19.7 Å². The van der Waals surface area contributed by atoms with Crippen molar-refractivity contribution in [3.63, 3.8) is 0 Å². The lowest BCUT2D eigenvalue weighted by molar-refractivity contribution is -0.135. The summed E-state index contributed by atoms with van der Waals surface area (Å²) >= 11 is 6.02. The highest BCUT2D eigenvalue weighted by Crippen LogP contribution is 2.27. The second kappa shape index (κ2) is 14.2. The largest absolute Gasteiger partial charge is 0.493 e. The first-order chi connectivity index (χ1) is 19.4. The Hall–Kier alpha value is -3.55. The molecular weight excluding hydrogens is 526 g/mol. The van der Waals surface area contributed by atoms with Gasteiger partial charge in [0.25, 0.3) is 5.91 Å². The van der Waals surface area contributed by atoms with Gasteiger partial charge in [-0.2, -0.15) is 0 Å². The standard InChI is InChI=1S/C32H38ClN3O4/c1-4-31(37)36(28-15-17-35(18-16-28)21-23-7-12-27(33)13-8-23)22-24-5-10-26(11-6-24)32(38)34-20-25-9-14-29(39-2)30(19-25)40-3/h5-14,19,28H,4,15-18,20-22H2,1-3H3,(H,34,38). The van der Waals surface area contributed by atoms with Crippen molar-refractivity contribution in [1.82, 2.24) is 15.1 Å². The normalized spacial score (nSPS) is 14.0. The van der Waals surface area contributed by atoms with E-state index in [1.165, 1.54) is 5.56 Å².